The van der Waals surface area contributed by atoms with Crippen molar-refractivity contribution in [3.8, 4) is 0 Å². The second-order valence-electron chi connectivity index (χ2n) is 3.81. The van der Waals surface area contributed by atoms with Gasteiger partial charge in [0.15, 0.2) is 0 Å². The molecule has 0 aliphatic carbocycles. The summed E-state index contributed by atoms with van der Waals surface area (Å²) in [6, 6.07) is 5.52. The molecule has 0 amide bonds. The molecular weight excluding hydrogens is 304 g/mol. The molecule has 2 N–H and O–H groups in total. The number of benzene rings is 1. The van der Waals surface area contributed by atoms with Gasteiger partial charge in [-0.1, -0.05) is 27.5 Å². The van der Waals surface area contributed by atoms with Gasteiger partial charge in [-0.3, -0.25) is 4.68 Å². The van der Waals surface area contributed by atoms with Crippen molar-refractivity contribution in [1.29, 1.82) is 0 Å². The first-order valence-electron chi connectivity index (χ1n) is 5.10. The largest absolute Gasteiger partial charge is 0.324 e. The summed E-state index contributed by atoms with van der Waals surface area (Å²) in [5, 5.41) is 4.68. The molecule has 1 aromatic heterocycles. The summed E-state index contributed by atoms with van der Waals surface area (Å²) in [5.74, 6) is 0.855. The third-order valence-electron chi connectivity index (χ3n) is 2.52. The lowest BCUT2D eigenvalue weighted by Gasteiger charge is -2.12. The minimum Gasteiger partial charge on any atom is -0.324 e. The number of nitrogens with two attached hydrogens (primary N) is 1. The van der Waals surface area contributed by atoms with E-state index in [0.717, 1.165) is 15.9 Å². The monoisotopic (exact) mass is 314 g/mol. The van der Waals surface area contributed by atoms with Crippen molar-refractivity contribution in [2.75, 3.05) is 0 Å². The molecule has 17 heavy (non-hydrogen) atoms. The number of aryl methyl sites for hydroxylation is 1. The van der Waals surface area contributed by atoms with Gasteiger partial charge in [0, 0.05) is 29.0 Å². The van der Waals surface area contributed by atoms with Crippen molar-refractivity contribution >= 4 is 27.5 Å². The molecule has 1 unspecified atom stereocenters. The fourth-order valence-electron chi connectivity index (χ4n) is 1.61. The van der Waals surface area contributed by atoms with Crippen LogP contribution >= 0.6 is 27.5 Å². The van der Waals surface area contributed by atoms with Crippen molar-refractivity contribution in [2.24, 2.45) is 12.8 Å². The zero-order valence-corrected chi connectivity index (χ0v) is 11.6. The van der Waals surface area contributed by atoms with E-state index in [1.54, 1.807) is 4.68 Å². The maximum absolute atomic E-state index is 6.13. The van der Waals surface area contributed by atoms with Gasteiger partial charge in [-0.15, -0.1) is 0 Å². The minimum absolute atomic E-state index is 0.145. The van der Waals surface area contributed by atoms with Gasteiger partial charge < -0.3 is 5.73 Å². The summed E-state index contributed by atoms with van der Waals surface area (Å²) in [6.07, 6.45) is 2.15. The Bertz CT molecular complexity index is 506. The van der Waals surface area contributed by atoms with Crippen LogP contribution in [0.1, 0.15) is 17.4 Å². The van der Waals surface area contributed by atoms with Gasteiger partial charge in [0.1, 0.15) is 12.2 Å². The molecule has 2 rings (SSSR count). The van der Waals surface area contributed by atoms with Crippen molar-refractivity contribution in [3.63, 3.8) is 0 Å². The number of rotatable bonds is 3. The van der Waals surface area contributed by atoms with Crippen molar-refractivity contribution in [2.45, 2.75) is 12.5 Å². The van der Waals surface area contributed by atoms with Crippen LogP contribution in [0.15, 0.2) is 29.0 Å². The average molecular weight is 316 g/mol. The predicted octanol–water partition coefficient (Wildman–Crippen LogP) is 2.47. The molecule has 1 aromatic carbocycles. The molecule has 0 aliphatic heterocycles. The van der Waals surface area contributed by atoms with Crippen LogP contribution in [0, 0.1) is 0 Å². The number of hydrogen-bond donors (Lipinski definition) is 1. The van der Waals surface area contributed by atoms with Gasteiger partial charge in [0.25, 0.3) is 0 Å². The van der Waals surface area contributed by atoms with Crippen LogP contribution in [-0.2, 0) is 13.5 Å². The number of aromatic nitrogens is 3. The average Bonchev–Trinajstić information content (AvgIpc) is 2.63. The Labute approximate surface area is 113 Å². The van der Waals surface area contributed by atoms with Crippen LogP contribution < -0.4 is 5.73 Å². The Morgan fingerprint density at radius 1 is 1.47 bits per heavy atom. The first-order chi connectivity index (χ1) is 8.06. The summed E-state index contributed by atoms with van der Waals surface area (Å²) >= 11 is 9.39. The summed E-state index contributed by atoms with van der Waals surface area (Å²) in [6.45, 7) is 0. The van der Waals surface area contributed by atoms with E-state index < -0.39 is 0 Å². The Balaban J connectivity index is 2.20. The molecule has 1 heterocycles. The first-order valence-corrected chi connectivity index (χ1v) is 6.28. The molecule has 0 aliphatic rings. The molecule has 6 heteroatoms. The van der Waals surface area contributed by atoms with E-state index in [-0.39, 0.29) is 6.04 Å². The molecule has 2 aromatic rings. The van der Waals surface area contributed by atoms with Crippen molar-refractivity contribution in [1.82, 2.24) is 14.8 Å². The van der Waals surface area contributed by atoms with E-state index in [1.807, 2.05) is 25.2 Å². The van der Waals surface area contributed by atoms with E-state index in [9.17, 15) is 0 Å². The molecule has 0 saturated carbocycles. The Hall–Kier alpha value is -0.910. The lowest BCUT2D eigenvalue weighted by Crippen LogP contribution is -2.16. The highest BCUT2D eigenvalue weighted by molar-refractivity contribution is 9.10. The second-order valence-corrected chi connectivity index (χ2v) is 5.17. The quantitative estimate of drug-likeness (QED) is 0.946. The van der Waals surface area contributed by atoms with Gasteiger partial charge >= 0.3 is 0 Å². The second kappa shape index (κ2) is 5.16. The van der Waals surface area contributed by atoms with Crippen LogP contribution in [0.5, 0.6) is 0 Å². The lowest BCUT2D eigenvalue weighted by atomic mass is 10.0. The molecular formula is C11H12BrClN4. The number of halogens is 2. The highest BCUT2D eigenvalue weighted by atomic mass is 79.9. The predicted molar refractivity (Wildman–Crippen MR) is 70.8 cm³/mol. The van der Waals surface area contributed by atoms with Crippen LogP contribution in [0.4, 0.5) is 0 Å². The molecule has 4 nitrogen and oxygen atoms in total. The topological polar surface area (TPSA) is 56.7 Å². The van der Waals surface area contributed by atoms with Crippen molar-refractivity contribution < 1.29 is 0 Å². The van der Waals surface area contributed by atoms with Gasteiger partial charge in [0.05, 0.1) is 0 Å². The highest BCUT2D eigenvalue weighted by Crippen LogP contribution is 2.24. The van der Waals surface area contributed by atoms with E-state index in [4.69, 9.17) is 17.3 Å². The lowest BCUT2D eigenvalue weighted by molar-refractivity contribution is 0.629. The normalized spacial score (nSPS) is 12.7. The smallest absolute Gasteiger partial charge is 0.138 e. The summed E-state index contributed by atoms with van der Waals surface area (Å²) in [5.41, 5.74) is 7.11. The zero-order valence-electron chi connectivity index (χ0n) is 9.27. The molecule has 1 atom stereocenters. The third-order valence-corrected chi connectivity index (χ3v) is 3.20. The highest BCUT2D eigenvalue weighted by Gasteiger charge is 2.11. The summed E-state index contributed by atoms with van der Waals surface area (Å²) in [7, 11) is 1.85. The Kier molecular flexibility index (Phi) is 3.81. The molecule has 90 valence electrons. The fourth-order valence-corrected chi connectivity index (χ4v) is 2.50. The standard InChI is InChI=1S/C11H12BrClN4/c1-17-11(15-6-16-17)5-10(14)7-2-8(12)4-9(13)3-7/h2-4,6,10H,5,14H2,1H3. The van der Waals surface area contributed by atoms with E-state index >= 15 is 0 Å². The SMILES string of the molecule is Cn1ncnc1CC(N)c1cc(Cl)cc(Br)c1. The fraction of sp³-hybridized carbons (Fsp3) is 0.273. The van der Waals surface area contributed by atoms with Gasteiger partial charge in [-0.05, 0) is 23.8 Å². The van der Waals surface area contributed by atoms with E-state index in [2.05, 4.69) is 26.0 Å². The van der Waals surface area contributed by atoms with Gasteiger partial charge in [-0.2, -0.15) is 5.10 Å². The molecule has 0 radical (unpaired) electrons. The maximum Gasteiger partial charge on any atom is 0.138 e. The zero-order chi connectivity index (χ0) is 12.4. The summed E-state index contributed by atoms with van der Waals surface area (Å²) < 4.78 is 2.65. The van der Waals surface area contributed by atoms with Gasteiger partial charge in [-0.25, -0.2) is 4.98 Å². The number of hydrogen-bond acceptors (Lipinski definition) is 3. The van der Waals surface area contributed by atoms with Crippen LogP contribution in [-0.4, -0.2) is 14.8 Å². The van der Waals surface area contributed by atoms with Crippen molar-refractivity contribution in [3.05, 3.63) is 45.4 Å². The summed E-state index contributed by atoms with van der Waals surface area (Å²) in [4.78, 5) is 4.15. The molecule has 0 bridgehead atoms. The molecule has 0 saturated heterocycles. The van der Waals surface area contributed by atoms with Crippen LogP contribution in [0.3, 0.4) is 0 Å². The molecule has 0 spiro atoms. The molecule has 0 fully saturated rings. The number of nitrogens with zero attached hydrogens (tertiary/aromatic N) is 3. The maximum atomic E-state index is 6.13. The van der Waals surface area contributed by atoms with Crippen LogP contribution in [0.2, 0.25) is 5.02 Å². The third kappa shape index (κ3) is 3.06. The first kappa shape index (κ1) is 12.5. The Morgan fingerprint density at radius 2 is 2.24 bits per heavy atom. The Morgan fingerprint density at radius 3 is 2.82 bits per heavy atom. The van der Waals surface area contributed by atoms with Gasteiger partial charge in [0.2, 0.25) is 0 Å². The van der Waals surface area contributed by atoms with Crippen LogP contribution in [0.25, 0.3) is 0 Å². The minimum atomic E-state index is -0.145. The van der Waals surface area contributed by atoms with E-state index in [1.165, 1.54) is 6.33 Å². The van der Waals surface area contributed by atoms with E-state index in [0.29, 0.717) is 11.4 Å².